The van der Waals surface area contributed by atoms with Gasteiger partial charge in [0.25, 0.3) is 11.8 Å². The molecule has 4 heterocycles. The van der Waals surface area contributed by atoms with Crippen LogP contribution in [0.1, 0.15) is 57.7 Å². The molecule has 2 saturated heterocycles. The van der Waals surface area contributed by atoms with E-state index in [1.807, 2.05) is 35.2 Å². The van der Waals surface area contributed by atoms with Crippen LogP contribution in [0.15, 0.2) is 59.5 Å². The minimum atomic E-state index is -0.862. The number of aromatic nitrogens is 1. The van der Waals surface area contributed by atoms with Crippen LogP contribution in [0.4, 0.5) is 8.78 Å². The smallest absolute Gasteiger partial charge is 0.278 e. The summed E-state index contributed by atoms with van der Waals surface area (Å²) in [7, 11) is 0. The lowest BCUT2D eigenvalue weighted by molar-refractivity contribution is -0.0775. The van der Waals surface area contributed by atoms with Crippen LogP contribution >= 0.6 is 0 Å². The number of pyridine rings is 1. The van der Waals surface area contributed by atoms with Crippen molar-refractivity contribution in [3.63, 3.8) is 0 Å². The Kier molecular flexibility index (Phi) is 9.56. The minimum Gasteiger partial charge on any atom is -0.483 e. The second-order valence-corrected chi connectivity index (χ2v) is 13.1. The average Bonchev–Trinajstić information content (AvgIpc) is 3.10. The zero-order valence-electron chi connectivity index (χ0n) is 26.9. The summed E-state index contributed by atoms with van der Waals surface area (Å²) in [6.07, 6.45) is 5.26. The number of hydrogen-bond donors (Lipinski definition) is 0. The molecule has 253 valence electrons. The Labute approximate surface area is 278 Å². The van der Waals surface area contributed by atoms with Crippen LogP contribution in [0.5, 0.6) is 5.75 Å². The normalized spacial score (nSPS) is 22.8. The van der Waals surface area contributed by atoms with Gasteiger partial charge in [-0.15, -0.1) is 0 Å². The molecule has 0 spiro atoms. The van der Waals surface area contributed by atoms with Gasteiger partial charge in [0, 0.05) is 56.6 Å². The fraction of sp³-hybridized carbons (Fsp3) is 0.472. The molecule has 3 fully saturated rings. The molecule has 12 heteroatoms. The third-order valence-corrected chi connectivity index (χ3v) is 10.1. The number of halogens is 2. The number of morpholine rings is 1. The van der Waals surface area contributed by atoms with Gasteiger partial charge in [-0.25, -0.2) is 14.1 Å². The molecule has 1 saturated carbocycles. The van der Waals surface area contributed by atoms with Crippen LogP contribution in [0.2, 0.25) is 0 Å². The zero-order chi connectivity index (χ0) is 33.2. The highest BCUT2D eigenvalue weighted by Gasteiger charge is 2.49. The van der Waals surface area contributed by atoms with E-state index in [1.165, 1.54) is 12.3 Å². The van der Waals surface area contributed by atoms with E-state index in [0.717, 1.165) is 76.1 Å². The third kappa shape index (κ3) is 6.61. The highest BCUT2D eigenvalue weighted by molar-refractivity contribution is 5.99. The Morgan fingerprint density at radius 3 is 2.56 bits per heavy atom. The summed E-state index contributed by atoms with van der Waals surface area (Å²) >= 11 is 0. The van der Waals surface area contributed by atoms with Crippen molar-refractivity contribution >= 4 is 11.8 Å². The number of rotatable bonds is 9. The van der Waals surface area contributed by atoms with Gasteiger partial charge in [-0.1, -0.05) is 49.2 Å². The van der Waals surface area contributed by atoms with E-state index in [0.29, 0.717) is 25.7 Å². The Morgan fingerprint density at radius 1 is 0.979 bits per heavy atom. The van der Waals surface area contributed by atoms with Gasteiger partial charge < -0.3 is 18.9 Å². The van der Waals surface area contributed by atoms with Gasteiger partial charge in [-0.3, -0.25) is 24.2 Å². The molecule has 1 radical (unpaired) electrons. The quantitative estimate of drug-likeness (QED) is 0.346. The Morgan fingerprint density at radius 2 is 1.77 bits per heavy atom. The van der Waals surface area contributed by atoms with Gasteiger partial charge in [0.2, 0.25) is 5.43 Å². The van der Waals surface area contributed by atoms with Gasteiger partial charge in [0.1, 0.15) is 30.0 Å². The van der Waals surface area contributed by atoms with Crippen LogP contribution in [-0.2, 0) is 24.4 Å². The van der Waals surface area contributed by atoms with Crippen LogP contribution in [0, 0.1) is 17.6 Å². The van der Waals surface area contributed by atoms with Crippen LogP contribution in [0.3, 0.4) is 0 Å². The van der Waals surface area contributed by atoms with Crippen LogP contribution in [0.25, 0.3) is 0 Å². The number of ether oxygens (including phenoxy) is 2. The maximum atomic E-state index is 14.7. The van der Waals surface area contributed by atoms with Crippen molar-refractivity contribution in [3.8, 4) is 5.75 Å². The first-order valence-electron chi connectivity index (χ1n) is 16.8. The largest absolute Gasteiger partial charge is 0.483 e. The van der Waals surface area contributed by atoms with E-state index >= 15 is 0 Å². The van der Waals surface area contributed by atoms with Gasteiger partial charge in [0.05, 0.1) is 26.3 Å². The average molecular weight is 661 g/mol. The molecule has 0 bridgehead atoms. The molecule has 7 rings (SSSR count). The van der Waals surface area contributed by atoms with E-state index < -0.39 is 23.0 Å². The van der Waals surface area contributed by atoms with Gasteiger partial charge >= 0.3 is 0 Å². The Bertz CT molecular complexity index is 1710. The topological polar surface area (TPSA) is 98.4 Å². The molecular formula is C36H40F2N5O5. The third-order valence-electron chi connectivity index (χ3n) is 10.1. The fourth-order valence-corrected chi connectivity index (χ4v) is 7.62. The molecule has 4 aliphatic rings. The van der Waals surface area contributed by atoms with Crippen molar-refractivity contribution in [3.05, 3.63) is 99.0 Å². The highest BCUT2D eigenvalue weighted by atomic mass is 19.1. The summed E-state index contributed by atoms with van der Waals surface area (Å²) in [4.78, 5) is 48.9. The lowest BCUT2D eigenvalue weighted by Crippen LogP contribution is -2.68. The lowest BCUT2D eigenvalue weighted by atomic mass is 9.80. The number of benzene rings is 2. The second kappa shape index (κ2) is 14.2. The van der Waals surface area contributed by atoms with Crippen LogP contribution < -0.4 is 15.5 Å². The molecule has 0 unspecified atom stereocenters. The molecule has 48 heavy (non-hydrogen) atoms. The van der Waals surface area contributed by atoms with E-state index in [2.05, 4.69) is 15.1 Å². The number of carbonyl (C=O) groups is 2. The molecule has 0 N–H and O–H groups in total. The summed E-state index contributed by atoms with van der Waals surface area (Å²) in [5.74, 6) is -2.56. The number of carbonyl (C=O) groups excluding carboxylic acids is 2. The molecule has 1 aliphatic carbocycles. The molecule has 2 amide bonds. The number of nitrogens with zero attached hydrogens (tertiary/aromatic N) is 5. The van der Waals surface area contributed by atoms with Gasteiger partial charge in [0.15, 0.2) is 11.4 Å². The minimum absolute atomic E-state index is 0.0209. The first kappa shape index (κ1) is 32.4. The van der Waals surface area contributed by atoms with E-state index in [1.54, 1.807) is 4.57 Å². The van der Waals surface area contributed by atoms with E-state index in [-0.39, 0.29) is 53.8 Å². The Balaban J connectivity index is 1.23. The summed E-state index contributed by atoms with van der Waals surface area (Å²) in [6, 6.07) is 12.4. The summed E-state index contributed by atoms with van der Waals surface area (Å²) in [5, 5.41) is 3.98. The molecule has 3 atom stereocenters. The Hall–Kier alpha value is -4.13. The van der Waals surface area contributed by atoms with E-state index in [4.69, 9.17) is 9.47 Å². The highest BCUT2D eigenvalue weighted by Crippen LogP contribution is 2.39. The molecule has 2 aromatic carbocycles. The number of hydrogen-bond acceptors (Lipinski definition) is 7. The maximum Gasteiger partial charge on any atom is 0.278 e. The predicted molar refractivity (Wildman–Crippen MR) is 173 cm³/mol. The summed E-state index contributed by atoms with van der Waals surface area (Å²) < 4.78 is 41.1. The molecule has 10 nitrogen and oxygen atoms in total. The van der Waals surface area contributed by atoms with Gasteiger partial charge in [-0.2, -0.15) is 0 Å². The maximum absolute atomic E-state index is 14.7. The molecule has 3 aliphatic heterocycles. The zero-order valence-corrected chi connectivity index (χ0v) is 26.9. The standard InChI is InChI=1S/C36H40F2N5O5/c37-27-11-10-25(29(38)18-27)19-39-35(45)28-21-42-22-31-41(13-12-40-14-16-47-17-15-40)20-26-8-4-5-9-30(26)43(31)36(46)32(42)34(33(28)44)48-23-24-6-2-1-3-7-24/h1-3,6-7,10-11,18,21,26,30-31H,4-5,8-9,12-17,19-20,22-23H2/t26-,30-,31-/m0/s1. The molecule has 1 aromatic heterocycles. The van der Waals surface area contributed by atoms with Crippen LogP contribution in [-0.4, -0.2) is 89.2 Å². The van der Waals surface area contributed by atoms with E-state index in [9.17, 15) is 23.2 Å². The van der Waals surface area contributed by atoms with Gasteiger partial charge in [-0.05, 0) is 30.4 Å². The SMILES string of the molecule is O=C([N]Cc1ccc(F)cc1F)c1cn2c(c(OCc3ccccc3)c1=O)C(=O)N1[C@H]3CCCC[C@H]3CN(CCN3CCOCC3)[C@@H]1C2. The number of fused-ring (bicyclic) bond motifs is 4. The second-order valence-electron chi connectivity index (χ2n) is 13.1. The summed E-state index contributed by atoms with van der Waals surface area (Å²) in [5.41, 5.74) is -0.0536. The van der Waals surface area contributed by atoms with Crippen molar-refractivity contribution in [1.82, 2.24) is 24.6 Å². The van der Waals surface area contributed by atoms with Crippen molar-refractivity contribution in [2.75, 3.05) is 45.9 Å². The number of amides is 2. The molecule has 3 aromatic rings. The molecular weight excluding hydrogens is 620 g/mol. The van der Waals surface area contributed by atoms with Crippen molar-refractivity contribution < 1.29 is 27.8 Å². The first-order valence-corrected chi connectivity index (χ1v) is 16.8. The van der Waals surface area contributed by atoms with Crippen molar-refractivity contribution in [1.29, 1.82) is 0 Å². The lowest BCUT2D eigenvalue weighted by Gasteiger charge is -2.55. The monoisotopic (exact) mass is 660 g/mol. The van der Waals surface area contributed by atoms with Crippen molar-refractivity contribution in [2.24, 2.45) is 5.92 Å². The predicted octanol–water partition coefficient (Wildman–Crippen LogP) is 3.64. The van der Waals surface area contributed by atoms with Crippen molar-refractivity contribution in [2.45, 2.75) is 57.6 Å². The summed E-state index contributed by atoms with van der Waals surface area (Å²) in [6.45, 7) is 5.66. The first-order chi connectivity index (χ1) is 23.4. The fourth-order valence-electron chi connectivity index (χ4n) is 7.62.